The summed E-state index contributed by atoms with van der Waals surface area (Å²) < 4.78 is 51.7. The molecule has 5 atom stereocenters. The second-order valence-electron chi connectivity index (χ2n) is 6.55. The van der Waals surface area contributed by atoms with E-state index < -0.39 is 59.8 Å². The zero-order valence-electron chi connectivity index (χ0n) is 16.6. The number of aliphatic hydroxyl groups excluding tert-OH is 1. The molecule has 0 spiro atoms. The number of ether oxygens (including phenoxy) is 1. The molecule has 0 aromatic carbocycles. The number of aromatic nitrogens is 2. The lowest BCUT2D eigenvalue weighted by atomic mass is 10.2. The minimum atomic E-state index is -5.70. The number of rotatable bonds is 11. The SMILES string of the molecule is NC/C=C/Cc1cn(C2CC(O)C(COP(=O)(O)OP(=O)(O)OP(=O)(O)O)O2)c(=O)[nH]c1=O. The Kier molecular flexibility index (Phi) is 9.29. The zero-order chi connectivity index (χ0) is 25.0. The van der Waals surface area contributed by atoms with Crippen molar-refractivity contribution in [1.29, 1.82) is 0 Å². The number of phosphoric ester groups is 1. The van der Waals surface area contributed by atoms with Gasteiger partial charge in [0.2, 0.25) is 0 Å². The molecule has 1 aliphatic rings. The van der Waals surface area contributed by atoms with Gasteiger partial charge in [-0.05, 0) is 6.42 Å². The summed E-state index contributed by atoms with van der Waals surface area (Å²) in [7, 11) is -16.7. The molecule has 1 aromatic heterocycles. The van der Waals surface area contributed by atoms with E-state index in [1.807, 2.05) is 0 Å². The molecule has 0 aliphatic carbocycles. The van der Waals surface area contributed by atoms with Gasteiger partial charge in [-0.1, -0.05) is 12.2 Å². The van der Waals surface area contributed by atoms with Gasteiger partial charge in [-0.2, -0.15) is 8.62 Å². The van der Waals surface area contributed by atoms with Gasteiger partial charge in [0.15, 0.2) is 0 Å². The van der Waals surface area contributed by atoms with Crippen LogP contribution in [0, 0.1) is 0 Å². The van der Waals surface area contributed by atoms with E-state index >= 15 is 0 Å². The second kappa shape index (κ2) is 11.0. The Morgan fingerprint density at radius 2 is 1.82 bits per heavy atom. The van der Waals surface area contributed by atoms with Crippen LogP contribution >= 0.6 is 23.5 Å². The van der Waals surface area contributed by atoms with Crippen molar-refractivity contribution >= 4 is 23.5 Å². The van der Waals surface area contributed by atoms with Crippen LogP contribution < -0.4 is 17.0 Å². The standard InChI is InChI=1S/C13H22N3O14P3/c14-4-2-1-3-8-6-16(13(19)15-12(8)18)11-5-9(17)10(28-11)7-27-32(23,24)30-33(25,26)29-31(20,21)22/h1-2,6,9-11,17H,3-5,7,14H2,(H,23,24)(H,25,26)(H,15,18,19)(H2,20,21,22)/b2-1+. The van der Waals surface area contributed by atoms with Crippen LogP contribution in [0.15, 0.2) is 27.9 Å². The fraction of sp³-hybridized carbons (Fsp3) is 0.538. The number of hydrogen-bond donors (Lipinski definition) is 7. The minimum Gasteiger partial charge on any atom is -0.390 e. The normalized spacial score (nSPS) is 25.2. The fourth-order valence-corrected chi connectivity index (χ4v) is 5.73. The molecule has 1 fully saturated rings. The number of aromatic amines is 1. The van der Waals surface area contributed by atoms with E-state index in [2.05, 4.69) is 18.1 Å². The average molecular weight is 537 g/mol. The Hall–Kier alpha value is -1.29. The Morgan fingerprint density at radius 3 is 2.42 bits per heavy atom. The third-order valence-electron chi connectivity index (χ3n) is 4.01. The minimum absolute atomic E-state index is 0.150. The molecule has 188 valence electrons. The lowest BCUT2D eigenvalue weighted by Gasteiger charge is -2.19. The van der Waals surface area contributed by atoms with E-state index in [1.54, 1.807) is 12.2 Å². The van der Waals surface area contributed by atoms with Gasteiger partial charge >= 0.3 is 29.2 Å². The number of hydrogen-bond acceptors (Lipinski definition) is 11. The molecule has 17 nitrogen and oxygen atoms in total. The van der Waals surface area contributed by atoms with Gasteiger partial charge in [0.25, 0.3) is 5.56 Å². The van der Waals surface area contributed by atoms with Gasteiger partial charge in [0, 0.05) is 24.7 Å². The summed E-state index contributed by atoms with van der Waals surface area (Å²) in [4.78, 5) is 61.8. The van der Waals surface area contributed by atoms with E-state index in [0.717, 1.165) is 4.57 Å². The number of nitrogens with zero attached hydrogens (tertiary/aromatic N) is 1. The highest BCUT2D eigenvalue weighted by molar-refractivity contribution is 7.66. The van der Waals surface area contributed by atoms with E-state index in [0.29, 0.717) is 0 Å². The van der Waals surface area contributed by atoms with Crippen molar-refractivity contribution in [3.8, 4) is 0 Å². The number of aliphatic hydroxyl groups is 1. The Balaban J connectivity index is 2.07. The maximum Gasteiger partial charge on any atom is 0.490 e. The third-order valence-corrected chi connectivity index (χ3v) is 7.82. The molecule has 8 N–H and O–H groups in total. The largest absolute Gasteiger partial charge is 0.490 e. The zero-order valence-corrected chi connectivity index (χ0v) is 19.3. The molecule has 2 heterocycles. The molecule has 1 saturated heterocycles. The molecule has 33 heavy (non-hydrogen) atoms. The van der Waals surface area contributed by atoms with E-state index in [4.69, 9.17) is 25.2 Å². The lowest BCUT2D eigenvalue weighted by molar-refractivity contribution is -0.0450. The van der Waals surface area contributed by atoms with Gasteiger partial charge in [0.05, 0.1) is 12.7 Å². The highest BCUT2D eigenvalue weighted by Gasteiger charge is 2.43. The maximum atomic E-state index is 12.1. The number of phosphoric acid groups is 3. The van der Waals surface area contributed by atoms with Crippen molar-refractivity contribution < 1.29 is 56.3 Å². The molecule has 0 radical (unpaired) electrons. The monoisotopic (exact) mass is 537 g/mol. The van der Waals surface area contributed by atoms with Gasteiger partial charge in [-0.25, -0.2) is 18.5 Å². The van der Waals surface area contributed by atoms with Crippen molar-refractivity contribution in [3.05, 3.63) is 44.8 Å². The summed E-state index contributed by atoms with van der Waals surface area (Å²) in [6.45, 7) is -0.654. The summed E-state index contributed by atoms with van der Waals surface area (Å²) in [6.07, 6.45) is 0.576. The van der Waals surface area contributed by atoms with Crippen molar-refractivity contribution in [2.45, 2.75) is 31.3 Å². The third kappa shape index (κ3) is 8.77. The predicted molar refractivity (Wildman–Crippen MR) is 108 cm³/mol. The number of nitrogens with one attached hydrogen (secondary N) is 1. The molecule has 0 amide bonds. The first-order chi connectivity index (χ1) is 15.1. The van der Waals surface area contributed by atoms with Crippen molar-refractivity contribution in [3.63, 3.8) is 0 Å². The molecule has 20 heteroatoms. The second-order valence-corrected chi connectivity index (χ2v) is 11.0. The van der Waals surface area contributed by atoms with Crippen molar-refractivity contribution in [2.24, 2.45) is 5.73 Å². The molecular formula is C13H22N3O14P3. The van der Waals surface area contributed by atoms with Crippen LogP contribution in [0.3, 0.4) is 0 Å². The summed E-state index contributed by atoms with van der Waals surface area (Å²) >= 11 is 0. The van der Waals surface area contributed by atoms with Crippen LogP contribution in [0.1, 0.15) is 18.2 Å². The van der Waals surface area contributed by atoms with Crippen molar-refractivity contribution in [1.82, 2.24) is 9.55 Å². The highest BCUT2D eigenvalue weighted by Crippen LogP contribution is 2.66. The van der Waals surface area contributed by atoms with E-state index in [1.165, 1.54) is 6.20 Å². The number of nitrogens with two attached hydrogens (primary N) is 1. The predicted octanol–water partition coefficient (Wildman–Crippen LogP) is -1.41. The number of allylic oxidation sites excluding steroid dienone is 1. The first-order valence-electron chi connectivity index (χ1n) is 8.94. The van der Waals surface area contributed by atoms with Gasteiger partial charge in [-0.3, -0.25) is 18.9 Å². The van der Waals surface area contributed by atoms with Gasteiger partial charge in [-0.15, -0.1) is 0 Å². The van der Waals surface area contributed by atoms with E-state index in [9.17, 15) is 33.3 Å². The molecule has 5 unspecified atom stereocenters. The molecule has 0 saturated carbocycles. The molecular weight excluding hydrogens is 515 g/mol. The highest BCUT2D eigenvalue weighted by atomic mass is 31.3. The molecule has 1 aromatic rings. The Bertz CT molecular complexity index is 1130. The van der Waals surface area contributed by atoms with Crippen LogP contribution in [0.5, 0.6) is 0 Å². The quantitative estimate of drug-likeness (QED) is 0.126. The number of H-pyrrole nitrogens is 1. The fourth-order valence-electron chi connectivity index (χ4n) is 2.70. The van der Waals surface area contributed by atoms with Crippen LogP contribution in [0.2, 0.25) is 0 Å². The van der Waals surface area contributed by atoms with Gasteiger partial charge < -0.3 is 35.2 Å². The van der Waals surface area contributed by atoms with Crippen LogP contribution in [0.4, 0.5) is 0 Å². The molecule has 1 aliphatic heterocycles. The first-order valence-corrected chi connectivity index (χ1v) is 13.5. The summed E-state index contributed by atoms with van der Waals surface area (Å²) in [5, 5.41) is 10.1. The van der Waals surface area contributed by atoms with Crippen LogP contribution in [-0.2, 0) is 38.0 Å². The summed E-state index contributed by atoms with van der Waals surface area (Å²) in [5.41, 5.74) is 4.03. The van der Waals surface area contributed by atoms with E-state index in [-0.39, 0.29) is 24.9 Å². The van der Waals surface area contributed by atoms with Crippen LogP contribution in [-0.4, -0.2) is 59.6 Å². The maximum absolute atomic E-state index is 12.1. The van der Waals surface area contributed by atoms with Crippen LogP contribution in [0.25, 0.3) is 0 Å². The lowest BCUT2D eigenvalue weighted by Crippen LogP contribution is -2.34. The molecule has 0 bridgehead atoms. The Labute approximate surface area is 184 Å². The molecule has 2 rings (SSSR count). The summed E-state index contributed by atoms with van der Waals surface area (Å²) in [6, 6.07) is 0. The van der Waals surface area contributed by atoms with Gasteiger partial charge in [0.1, 0.15) is 12.3 Å². The summed E-state index contributed by atoms with van der Waals surface area (Å²) in [5.74, 6) is 0. The van der Waals surface area contributed by atoms with Crippen molar-refractivity contribution in [2.75, 3.05) is 13.2 Å². The smallest absolute Gasteiger partial charge is 0.390 e. The average Bonchev–Trinajstić information content (AvgIpc) is 2.99. The first kappa shape index (κ1) is 28.0. The topological polar surface area (TPSA) is 270 Å². The Morgan fingerprint density at radius 1 is 1.15 bits per heavy atom.